The molecule has 2 aliphatic rings. The zero-order valence-corrected chi connectivity index (χ0v) is 15.3. The fourth-order valence-electron chi connectivity index (χ4n) is 4.07. The van der Waals surface area contributed by atoms with Crippen LogP contribution in [0.15, 0.2) is 5.38 Å². The maximum Gasteiger partial charge on any atom is 0.222 e. The lowest BCUT2D eigenvalue weighted by molar-refractivity contribution is -0.139. The minimum atomic E-state index is 0.153. The Morgan fingerprint density at radius 3 is 3.04 bits per heavy atom. The zero-order valence-electron chi connectivity index (χ0n) is 14.5. The van der Waals surface area contributed by atoms with Gasteiger partial charge >= 0.3 is 0 Å². The van der Waals surface area contributed by atoms with Gasteiger partial charge in [0.1, 0.15) is 0 Å². The molecule has 0 radical (unpaired) electrons. The van der Waals surface area contributed by atoms with Gasteiger partial charge in [0.15, 0.2) is 5.13 Å². The molecule has 1 aromatic heterocycles. The Morgan fingerprint density at radius 2 is 2.29 bits per heavy atom. The number of carbonyl (C=O) groups excluding carboxylic acids is 1. The van der Waals surface area contributed by atoms with E-state index < -0.39 is 0 Å². The van der Waals surface area contributed by atoms with E-state index in [4.69, 9.17) is 5.11 Å². The van der Waals surface area contributed by atoms with Gasteiger partial charge in [0.25, 0.3) is 0 Å². The summed E-state index contributed by atoms with van der Waals surface area (Å²) in [6, 6.07) is 0. The van der Waals surface area contributed by atoms with Crippen molar-refractivity contribution in [3.63, 3.8) is 0 Å². The van der Waals surface area contributed by atoms with Crippen LogP contribution in [0.25, 0.3) is 0 Å². The lowest BCUT2D eigenvalue weighted by atomic mass is 9.73. The molecule has 134 valence electrons. The fourth-order valence-corrected chi connectivity index (χ4v) is 4.73. The third-order valence-electron chi connectivity index (χ3n) is 5.23. The first-order chi connectivity index (χ1) is 11.6. The van der Waals surface area contributed by atoms with Gasteiger partial charge < -0.3 is 15.3 Å². The van der Waals surface area contributed by atoms with E-state index in [1.165, 1.54) is 12.8 Å². The molecule has 0 aliphatic carbocycles. The Balaban J connectivity index is 1.62. The summed E-state index contributed by atoms with van der Waals surface area (Å²) in [6.45, 7) is 4.74. The molecule has 24 heavy (non-hydrogen) atoms. The van der Waals surface area contributed by atoms with Crippen LogP contribution in [-0.4, -0.2) is 65.6 Å². The molecule has 0 unspecified atom stereocenters. The number of carbonyl (C=O) groups is 1. The number of likely N-dealkylation sites (tertiary alicyclic amines) is 2. The van der Waals surface area contributed by atoms with E-state index in [1.54, 1.807) is 11.3 Å². The van der Waals surface area contributed by atoms with Crippen molar-refractivity contribution in [1.82, 2.24) is 14.8 Å². The molecule has 1 spiro atoms. The third-order valence-corrected chi connectivity index (χ3v) is 6.13. The fraction of sp³-hybridized carbons (Fsp3) is 0.765. The standard InChI is InChI=1S/C17H28N4O2S/c1-18-16-19-14(11-24-16)10-20-7-2-5-17(12-20)6-4-15(23)21(13-17)8-3-9-22/h11,22H,2-10,12-13H2,1H3,(H,18,19)/t17-/m0/s1. The van der Waals surface area contributed by atoms with Gasteiger partial charge in [-0.2, -0.15) is 0 Å². The number of nitrogens with zero attached hydrogens (tertiary/aromatic N) is 3. The smallest absolute Gasteiger partial charge is 0.222 e. The van der Waals surface area contributed by atoms with Crippen molar-refractivity contribution in [3.8, 4) is 0 Å². The maximum atomic E-state index is 12.1. The molecule has 7 heteroatoms. The first kappa shape index (κ1) is 17.6. The number of amides is 1. The number of aliphatic hydroxyl groups is 1. The van der Waals surface area contributed by atoms with Crippen molar-refractivity contribution in [1.29, 1.82) is 0 Å². The monoisotopic (exact) mass is 352 g/mol. The number of piperidine rings is 2. The summed E-state index contributed by atoms with van der Waals surface area (Å²) in [5.41, 5.74) is 1.36. The first-order valence-electron chi connectivity index (χ1n) is 8.87. The SMILES string of the molecule is CNc1nc(CN2CCC[C@]3(CCC(=O)N(CCCO)C3)C2)cs1. The van der Waals surface area contributed by atoms with Crippen LogP contribution in [0.5, 0.6) is 0 Å². The van der Waals surface area contributed by atoms with Crippen LogP contribution in [-0.2, 0) is 11.3 Å². The molecule has 1 amide bonds. The van der Waals surface area contributed by atoms with E-state index in [2.05, 4.69) is 20.6 Å². The van der Waals surface area contributed by atoms with Gasteiger partial charge in [-0.1, -0.05) is 0 Å². The van der Waals surface area contributed by atoms with Gasteiger partial charge in [-0.05, 0) is 32.2 Å². The molecule has 3 heterocycles. The van der Waals surface area contributed by atoms with Crippen molar-refractivity contribution in [2.45, 2.75) is 38.6 Å². The molecule has 0 bridgehead atoms. The van der Waals surface area contributed by atoms with Gasteiger partial charge in [0, 0.05) is 57.0 Å². The van der Waals surface area contributed by atoms with Crippen LogP contribution in [0.3, 0.4) is 0 Å². The summed E-state index contributed by atoms with van der Waals surface area (Å²) in [7, 11) is 1.90. The number of thiazole rings is 1. The number of aliphatic hydroxyl groups excluding tert-OH is 1. The van der Waals surface area contributed by atoms with Crippen molar-refractivity contribution in [2.24, 2.45) is 5.41 Å². The summed E-state index contributed by atoms with van der Waals surface area (Å²) < 4.78 is 0. The molecular formula is C17H28N4O2S. The van der Waals surface area contributed by atoms with Crippen molar-refractivity contribution < 1.29 is 9.90 Å². The van der Waals surface area contributed by atoms with Crippen LogP contribution < -0.4 is 5.32 Å². The molecule has 0 saturated carbocycles. The number of rotatable bonds is 6. The second-order valence-electron chi connectivity index (χ2n) is 7.10. The highest BCUT2D eigenvalue weighted by atomic mass is 32.1. The molecule has 2 fully saturated rings. The summed E-state index contributed by atoms with van der Waals surface area (Å²) >= 11 is 1.65. The molecule has 1 atom stereocenters. The van der Waals surface area contributed by atoms with Gasteiger partial charge in [-0.3, -0.25) is 9.69 Å². The van der Waals surface area contributed by atoms with Crippen LogP contribution in [0.4, 0.5) is 5.13 Å². The van der Waals surface area contributed by atoms with Gasteiger partial charge in [-0.15, -0.1) is 11.3 Å². The molecule has 2 saturated heterocycles. The minimum absolute atomic E-state index is 0.153. The van der Waals surface area contributed by atoms with Gasteiger partial charge in [0.05, 0.1) is 5.69 Å². The van der Waals surface area contributed by atoms with Crippen molar-refractivity contribution >= 4 is 22.4 Å². The molecule has 0 aromatic carbocycles. The Kier molecular flexibility index (Phi) is 5.73. The van der Waals surface area contributed by atoms with E-state index in [-0.39, 0.29) is 17.9 Å². The number of aromatic nitrogens is 1. The highest BCUT2D eigenvalue weighted by molar-refractivity contribution is 7.13. The predicted octanol–water partition coefficient (Wildman–Crippen LogP) is 1.77. The molecule has 6 nitrogen and oxygen atoms in total. The molecular weight excluding hydrogens is 324 g/mol. The quantitative estimate of drug-likeness (QED) is 0.817. The lowest BCUT2D eigenvalue weighted by Gasteiger charge is -2.48. The highest BCUT2D eigenvalue weighted by Gasteiger charge is 2.41. The maximum absolute atomic E-state index is 12.1. The number of anilines is 1. The Morgan fingerprint density at radius 1 is 1.42 bits per heavy atom. The second-order valence-corrected chi connectivity index (χ2v) is 7.96. The van der Waals surface area contributed by atoms with Crippen LogP contribution >= 0.6 is 11.3 Å². The summed E-state index contributed by atoms with van der Waals surface area (Å²) in [5.74, 6) is 0.254. The average molecular weight is 353 g/mol. The van der Waals surface area contributed by atoms with Gasteiger partial charge in [0.2, 0.25) is 5.91 Å². The van der Waals surface area contributed by atoms with Crippen molar-refractivity contribution in [2.75, 3.05) is 45.2 Å². The first-order valence-corrected chi connectivity index (χ1v) is 9.75. The molecule has 1 aromatic rings. The predicted molar refractivity (Wildman–Crippen MR) is 96.1 cm³/mol. The average Bonchev–Trinajstić information content (AvgIpc) is 3.04. The summed E-state index contributed by atoms with van der Waals surface area (Å²) in [4.78, 5) is 21.2. The Labute approximate surface area is 147 Å². The summed E-state index contributed by atoms with van der Waals surface area (Å²) in [6.07, 6.45) is 4.71. The van der Waals surface area contributed by atoms with E-state index >= 15 is 0 Å². The Hall–Kier alpha value is -1.18. The van der Waals surface area contributed by atoms with E-state index in [0.29, 0.717) is 19.4 Å². The number of hydrogen-bond acceptors (Lipinski definition) is 6. The normalized spacial score (nSPS) is 25.4. The van der Waals surface area contributed by atoms with Crippen LogP contribution in [0, 0.1) is 5.41 Å². The largest absolute Gasteiger partial charge is 0.396 e. The third kappa shape index (κ3) is 4.07. The lowest BCUT2D eigenvalue weighted by Crippen LogP contribution is -2.54. The van der Waals surface area contributed by atoms with Crippen LogP contribution in [0.2, 0.25) is 0 Å². The Bertz CT molecular complexity index is 565. The zero-order chi connectivity index (χ0) is 17.0. The minimum Gasteiger partial charge on any atom is -0.396 e. The molecule has 2 aliphatic heterocycles. The molecule has 2 N–H and O–H groups in total. The van der Waals surface area contributed by atoms with Gasteiger partial charge in [-0.25, -0.2) is 4.98 Å². The topological polar surface area (TPSA) is 68.7 Å². The van der Waals surface area contributed by atoms with Crippen LogP contribution in [0.1, 0.15) is 37.8 Å². The van der Waals surface area contributed by atoms with E-state index in [1.807, 2.05) is 11.9 Å². The second kappa shape index (κ2) is 7.80. The highest BCUT2D eigenvalue weighted by Crippen LogP contribution is 2.39. The summed E-state index contributed by atoms with van der Waals surface area (Å²) in [5, 5.41) is 15.2. The number of hydrogen-bond donors (Lipinski definition) is 2. The molecule has 3 rings (SSSR count). The number of nitrogens with one attached hydrogen (secondary N) is 1. The van der Waals surface area contributed by atoms with E-state index in [9.17, 15) is 4.79 Å². The van der Waals surface area contributed by atoms with E-state index in [0.717, 1.165) is 43.4 Å². The van der Waals surface area contributed by atoms with Crippen molar-refractivity contribution in [3.05, 3.63) is 11.1 Å².